The summed E-state index contributed by atoms with van der Waals surface area (Å²) in [5.74, 6) is -0.213. The van der Waals surface area contributed by atoms with E-state index in [1.165, 1.54) is 0 Å². The highest BCUT2D eigenvalue weighted by Gasteiger charge is 2.16. The molecule has 2 aromatic rings. The Balaban J connectivity index is 2.06. The zero-order chi connectivity index (χ0) is 13.0. The molecule has 1 aromatic heterocycles. The fourth-order valence-electron chi connectivity index (χ4n) is 1.39. The average Bonchev–Trinajstić information content (AvgIpc) is 2.81. The second-order valence-corrected chi connectivity index (χ2v) is 4.79. The van der Waals surface area contributed by atoms with Gasteiger partial charge >= 0.3 is 11.9 Å². The third-order valence-electron chi connectivity index (χ3n) is 2.19. The van der Waals surface area contributed by atoms with Gasteiger partial charge in [-0.2, -0.15) is 4.98 Å². The summed E-state index contributed by atoms with van der Waals surface area (Å²) < 4.78 is 10.8. The van der Waals surface area contributed by atoms with Crippen molar-refractivity contribution in [1.82, 2.24) is 10.1 Å². The molecular formula is C12H11IN2O3. The molecule has 18 heavy (non-hydrogen) atoms. The standard InChI is InChI=1S/C12H11IN2O3/c1-2-17-12(16)11-14-10(15-18-11)7-8-3-5-9(13)6-4-8/h3-6H,2,7H2,1H3. The number of nitrogens with zero attached hydrogens (tertiary/aromatic N) is 2. The van der Waals surface area contributed by atoms with E-state index in [0.717, 1.165) is 9.13 Å². The van der Waals surface area contributed by atoms with Gasteiger partial charge in [0, 0.05) is 9.99 Å². The van der Waals surface area contributed by atoms with Crippen molar-refractivity contribution in [2.75, 3.05) is 6.61 Å². The molecule has 94 valence electrons. The molecule has 1 aromatic carbocycles. The van der Waals surface area contributed by atoms with E-state index in [0.29, 0.717) is 12.2 Å². The first-order valence-electron chi connectivity index (χ1n) is 5.43. The monoisotopic (exact) mass is 358 g/mol. The van der Waals surface area contributed by atoms with Crippen LogP contribution in [-0.2, 0) is 11.2 Å². The van der Waals surface area contributed by atoms with Crippen LogP contribution in [0.1, 0.15) is 29.0 Å². The van der Waals surface area contributed by atoms with Gasteiger partial charge in [0.15, 0.2) is 5.82 Å². The van der Waals surface area contributed by atoms with Crippen LogP contribution in [0.2, 0.25) is 0 Å². The highest BCUT2D eigenvalue weighted by molar-refractivity contribution is 14.1. The highest BCUT2D eigenvalue weighted by atomic mass is 127. The zero-order valence-corrected chi connectivity index (χ0v) is 11.9. The number of halogens is 1. The van der Waals surface area contributed by atoms with E-state index in [4.69, 9.17) is 9.26 Å². The second-order valence-electron chi connectivity index (χ2n) is 3.54. The summed E-state index contributed by atoms with van der Waals surface area (Å²) in [7, 11) is 0. The Morgan fingerprint density at radius 1 is 1.39 bits per heavy atom. The van der Waals surface area contributed by atoms with Crippen LogP contribution < -0.4 is 0 Å². The lowest BCUT2D eigenvalue weighted by Crippen LogP contribution is -2.05. The van der Waals surface area contributed by atoms with Gasteiger partial charge in [0.25, 0.3) is 0 Å². The van der Waals surface area contributed by atoms with Crippen LogP contribution in [0.25, 0.3) is 0 Å². The first-order chi connectivity index (χ1) is 8.69. The lowest BCUT2D eigenvalue weighted by molar-refractivity contribution is 0.0470. The number of esters is 1. The van der Waals surface area contributed by atoms with Gasteiger partial charge < -0.3 is 9.26 Å². The maximum Gasteiger partial charge on any atom is 0.397 e. The molecule has 0 atom stereocenters. The summed E-state index contributed by atoms with van der Waals surface area (Å²) in [6, 6.07) is 7.98. The first-order valence-corrected chi connectivity index (χ1v) is 6.51. The van der Waals surface area contributed by atoms with Crippen molar-refractivity contribution < 1.29 is 14.1 Å². The van der Waals surface area contributed by atoms with Crippen molar-refractivity contribution in [2.45, 2.75) is 13.3 Å². The molecule has 0 aliphatic heterocycles. The molecule has 0 bridgehead atoms. The summed E-state index contributed by atoms with van der Waals surface area (Å²) in [6.45, 7) is 2.01. The van der Waals surface area contributed by atoms with E-state index in [2.05, 4.69) is 32.7 Å². The molecule has 0 aliphatic rings. The smallest absolute Gasteiger partial charge is 0.397 e. The predicted molar refractivity (Wildman–Crippen MR) is 72.2 cm³/mol. The number of hydrogen-bond donors (Lipinski definition) is 0. The molecule has 0 saturated heterocycles. The maximum absolute atomic E-state index is 11.3. The molecule has 1 heterocycles. The minimum absolute atomic E-state index is 0.0997. The van der Waals surface area contributed by atoms with Crippen molar-refractivity contribution >= 4 is 28.6 Å². The van der Waals surface area contributed by atoms with Crippen molar-refractivity contribution in [3.8, 4) is 0 Å². The number of aromatic nitrogens is 2. The van der Waals surface area contributed by atoms with Gasteiger partial charge in [-0.1, -0.05) is 17.3 Å². The topological polar surface area (TPSA) is 65.2 Å². The third kappa shape index (κ3) is 3.28. The Morgan fingerprint density at radius 3 is 2.78 bits per heavy atom. The van der Waals surface area contributed by atoms with Crippen molar-refractivity contribution in [3.63, 3.8) is 0 Å². The predicted octanol–water partition coefficient (Wildman–Crippen LogP) is 2.44. The Kier molecular flexibility index (Phi) is 4.29. The van der Waals surface area contributed by atoms with E-state index in [1.807, 2.05) is 24.3 Å². The van der Waals surface area contributed by atoms with E-state index in [1.54, 1.807) is 6.92 Å². The largest absolute Gasteiger partial charge is 0.459 e. The van der Waals surface area contributed by atoms with Crippen LogP contribution in [0.15, 0.2) is 28.8 Å². The Morgan fingerprint density at radius 2 is 2.11 bits per heavy atom. The fraction of sp³-hybridized carbons (Fsp3) is 0.250. The summed E-state index contributed by atoms with van der Waals surface area (Å²) in [5, 5.41) is 3.75. The van der Waals surface area contributed by atoms with Gasteiger partial charge in [0.1, 0.15) is 0 Å². The molecule has 0 radical (unpaired) electrons. The van der Waals surface area contributed by atoms with Crippen LogP contribution in [-0.4, -0.2) is 22.7 Å². The average molecular weight is 358 g/mol. The van der Waals surface area contributed by atoms with Crippen LogP contribution in [0, 0.1) is 3.57 Å². The molecular weight excluding hydrogens is 347 g/mol. The molecule has 2 rings (SSSR count). The SMILES string of the molecule is CCOC(=O)c1nc(Cc2ccc(I)cc2)no1. The number of rotatable bonds is 4. The minimum Gasteiger partial charge on any atom is -0.459 e. The number of carbonyl (C=O) groups excluding carboxylic acids is 1. The van der Waals surface area contributed by atoms with Crippen molar-refractivity contribution in [1.29, 1.82) is 0 Å². The molecule has 0 N–H and O–H groups in total. The van der Waals surface area contributed by atoms with Gasteiger partial charge in [0.2, 0.25) is 0 Å². The van der Waals surface area contributed by atoms with Gasteiger partial charge in [-0.3, -0.25) is 0 Å². The van der Waals surface area contributed by atoms with E-state index in [-0.39, 0.29) is 12.5 Å². The summed E-state index contributed by atoms with van der Waals surface area (Å²) >= 11 is 2.24. The van der Waals surface area contributed by atoms with Crippen LogP contribution >= 0.6 is 22.6 Å². The second kappa shape index (κ2) is 5.94. The molecule has 0 fully saturated rings. The van der Waals surface area contributed by atoms with E-state index < -0.39 is 5.97 Å². The Hall–Kier alpha value is -1.44. The van der Waals surface area contributed by atoms with Crippen molar-refractivity contribution in [2.24, 2.45) is 0 Å². The third-order valence-corrected chi connectivity index (χ3v) is 2.91. The lowest BCUT2D eigenvalue weighted by atomic mass is 10.1. The van der Waals surface area contributed by atoms with E-state index in [9.17, 15) is 4.79 Å². The van der Waals surface area contributed by atoms with Crippen LogP contribution in [0.5, 0.6) is 0 Å². The molecule has 0 saturated carbocycles. The number of hydrogen-bond acceptors (Lipinski definition) is 5. The Bertz CT molecular complexity index is 537. The van der Waals surface area contributed by atoms with Gasteiger partial charge in [0.05, 0.1) is 6.61 Å². The lowest BCUT2D eigenvalue weighted by Gasteiger charge is -1.96. The molecule has 0 amide bonds. The minimum atomic E-state index is -0.584. The zero-order valence-electron chi connectivity index (χ0n) is 9.72. The van der Waals surface area contributed by atoms with Gasteiger partial charge in [-0.15, -0.1) is 0 Å². The molecule has 0 spiro atoms. The normalized spacial score (nSPS) is 10.3. The summed E-state index contributed by atoms with van der Waals surface area (Å²) in [4.78, 5) is 15.3. The maximum atomic E-state index is 11.3. The first kappa shape index (κ1) is 13.0. The molecule has 5 nitrogen and oxygen atoms in total. The Labute approximate surface area is 118 Å². The van der Waals surface area contributed by atoms with Gasteiger partial charge in [-0.05, 0) is 47.2 Å². The van der Waals surface area contributed by atoms with Crippen LogP contribution in [0.3, 0.4) is 0 Å². The molecule has 0 unspecified atom stereocenters. The number of benzene rings is 1. The van der Waals surface area contributed by atoms with Crippen molar-refractivity contribution in [3.05, 3.63) is 45.1 Å². The van der Waals surface area contributed by atoms with Gasteiger partial charge in [-0.25, -0.2) is 4.79 Å². The van der Waals surface area contributed by atoms with Crippen LogP contribution in [0.4, 0.5) is 0 Å². The summed E-state index contributed by atoms with van der Waals surface area (Å²) in [6.07, 6.45) is 0.528. The van der Waals surface area contributed by atoms with E-state index >= 15 is 0 Å². The fourth-order valence-corrected chi connectivity index (χ4v) is 1.75. The molecule has 0 aliphatic carbocycles. The summed E-state index contributed by atoms with van der Waals surface area (Å²) in [5.41, 5.74) is 1.06. The number of ether oxygens (including phenoxy) is 1. The quantitative estimate of drug-likeness (QED) is 0.621. The number of carbonyl (C=O) groups is 1. The molecule has 6 heteroatoms. The highest BCUT2D eigenvalue weighted by Crippen LogP contribution is 2.10.